The van der Waals surface area contributed by atoms with Crippen molar-refractivity contribution in [2.24, 2.45) is 0 Å². The summed E-state index contributed by atoms with van der Waals surface area (Å²) in [4.78, 5) is 39.7. The Morgan fingerprint density at radius 3 is 1.93 bits per heavy atom. The minimum atomic E-state index is -0.987. The number of hydrogen-bond acceptors (Lipinski definition) is 8. The molecule has 9 heteroatoms. The zero-order valence-corrected chi connectivity index (χ0v) is 22.8. The SMILES string of the molecule is CCC(OC(=O)c1ccc2nc(-c3ccc(OC)cc3)c(-c3ccc(OC)cc3)nc2c1)C(=O)Nc1ccccn1. The van der Waals surface area contributed by atoms with E-state index < -0.39 is 18.0 Å². The number of nitrogens with zero attached hydrogens (tertiary/aromatic N) is 3. The fourth-order valence-corrected chi connectivity index (χ4v) is 4.24. The summed E-state index contributed by atoms with van der Waals surface area (Å²) < 4.78 is 16.2. The van der Waals surface area contributed by atoms with E-state index in [9.17, 15) is 9.59 Å². The number of esters is 1. The highest BCUT2D eigenvalue weighted by Gasteiger charge is 2.23. The number of ether oxygens (including phenoxy) is 3. The molecule has 5 rings (SSSR count). The lowest BCUT2D eigenvalue weighted by Gasteiger charge is -2.16. The standard InChI is InChI=1S/C32H28N4O5/c1-4-27(31(37)36-28-7-5-6-18-33-28)41-32(38)22-12-17-25-26(19-22)35-30(21-10-15-24(40-3)16-11-21)29(34-25)20-8-13-23(39-2)14-9-20/h5-19,27H,4H2,1-3H3,(H,33,36,37). The van der Waals surface area contributed by atoms with E-state index in [0.29, 0.717) is 34.7 Å². The lowest BCUT2D eigenvalue weighted by molar-refractivity contribution is -0.124. The van der Waals surface area contributed by atoms with Crippen LogP contribution in [0.15, 0.2) is 91.1 Å². The first-order valence-electron chi connectivity index (χ1n) is 13.0. The first kappa shape index (κ1) is 27.3. The van der Waals surface area contributed by atoms with Gasteiger partial charge in [0.1, 0.15) is 17.3 Å². The van der Waals surface area contributed by atoms with Crippen molar-refractivity contribution in [1.29, 1.82) is 0 Å². The summed E-state index contributed by atoms with van der Waals surface area (Å²) >= 11 is 0. The molecule has 5 aromatic rings. The number of rotatable bonds is 9. The molecule has 1 unspecified atom stereocenters. The van der Waals surface area contributed by atoms with E-state index in [2.05, 4.69) is 10.3 Å². The molecule has 0 spiro atoms. The smallest absolute Gasteiger partial charge is 0.338 e. The second-order valence-electron chi connectivity index (χ2n) is 9.09. The zero-order chi connectivity index (χ0) is 28.8. The van der Waals surface area contributed by atoms with Crippen LogP contribution in [0.4, 0.5) is 5.82 Å². The maximum absolute atomic E-state index is 13.1. The second kappa shape index (κ2) is 12.3. The minimum Gasteiger partial charge on any atom is -0.497 e. The quantitative estimate of drug-likeness (QED) is 0.225. The fourth-order valence-electron chi connectivity index (χ4n) is 4.24. The number of pyridine rings is 1. The van der Waals surface area contributed by atoms with Crippen LogP contribution in [0.5, 0.6) is 11.5 Å². The third-order valence-corrected chi connectivity index (χ3v) is 6.46. The molecule has 0 fully saturated rings. The molecule has 206 valence electrons. The van der Waals surface area contributed by atoms with Crippen molar-refractivity contribution < 1.29 is 23.8 Å². The monoisotopic (exact) mass is 548 g/mol. The van der Waals surface area contributed by atoms with E-state index in [1.54, 1.807) is 63.7 Å². The van der Waals surface area contributed by atoms with Crippen LogP contribution in [0.1, 0.15) is 23.7 Å². The summed E-state index contributed by atoms with van der Waals surface area (Å²) in [6, 6.07) is 25.2. The van der Waals surface area contributed by atoms with Crippen molar-refractivity contribution in [1.82, 2.24) is 15.0 Å². The number of benzene rings is 3. The Morgan fingerprint density at radius 1 is 0.780 bits per heavy atom. The van der Waals surface area contributed by atoms with E-state index in [1.807, 2.05) is 48.5 Å². The van der Waals surface area contributed by atoms with E-state index in [-0.39, 0.29) is 5.56 Å². The van der Waals surface area contributed by atoms with Gasteiger partial charge in [-0.15, -0.1) is 0 Å². The molecule has 0 aliphatic carbocycles. The number of aromatic nitrogens is 3. The highest BCUT2D eigenvalue weighted by Crippen LogP contribution is 2.33. The summed E-state index contributed by atoms with van der Waals surface area (Å²) in [5, 5.41) is 2.68. The summed E-state index contributed by atoms with van der Waals surface area (Å²) in [5.74, 6) is 0.742. The van der Waals surface area contributed by atoms with Gasteiger partial charge in [-0.05, 0) is 85.3 Å². The van der Waals surface area contributed by atoms with Crippen molar-refractivity contribution in [3.05, 3.63) is 96.7 Å². The Labute approximate surface area is 237 Å². The molecule has 1 amide bonds. The molecule has 1 atom stereocenters. The van der Waals surface area contributed by atoms with Gasteiger partial charge in [-0.2, -0.15) is 0 Å². The number of carbonyl (C=O) groups excluding carboxylic acids is 2. The van der Waals surface area contributed by atoms with Gasteiger partial charge in [0.15, 0.2) is 6.10 Å². The van der Waals surface area contributed by atoms with Gasteiger partial charge in [0, 0.05) is 17.3 Å². The third kappa shape index (κ3) is 6.14. The van der Waals surface area contributed by atoms with Gasteiger partial charge < -0.3 is 19.5 Å². The van der Waals surface area contributed by atoms with Gasteiger partial charge >= 0.3 is 5.97 Å². The van der Waals surface area contributed by atoms with E-state index in [1.165, 1.54) is 0 Å². The van der Waals surface area contributed by atoms with E-state index >= 15 is 0 Å². The van der Waals surface area contributed by atoms with E-state index in [4.69, 9.17) is 24.2 Å². The summed E-state index contributed by atoms with van der Waals surface area (Å²) in [7, 11) is 3.23. The van der Waals surface area contributed by atoms with Crippen molar-refractivity contribution in [3.8, 4) is 34.0 Å². The number of hydrogen-bond donors (Lipinski definition) is 1. The molecule has 2 heterocycles. The van der Waals surface area contributed by atoms with Crippen LogP contribution in [0, 0.1) is 0 Å². The molecule has 0 aliphatic rings. The van der Waals surface area contributed by atoms with Crippen molar-refractivity contribution in [3.63, 3.8) is 0 Å². The van der Waals surface area contributed by atoms with Crippen LogP contribution in [0.2, 0.25) is 0 Å². The highest BCUT2D eigenvalue weighted by atomic mass is 16.5. The summed E-state index contributed by atoms with van der Waals surface area (Å²) in [5.41, 5.74) is 4.37. The lowest BCUT2D eigenvalue weighted by atomic mass is 10.0. The zero-order valence-electron chi connectivity index (χ0n) is 22.8. The number of methoxy groups -OCH3 is 2. The summed E-state index contributed by atoms with van der Waals surface area (Å²) in [6.45, 7) is 1.77. The molecular weight excluding hydrogens is 520 g/mol. The second-order valence-corrected chi connectivity index (χ2v) is 9.09. The van der Waals surface area contributed by atoms with E-state index in [0.717, 1.165) is 22.6 Å². The number of anilines is 1. The maximum atomic E-state index is 13.1. The van der Waals surface area contributed by atoms with Crippen LogP contribution in [0.25, 0.3) is 33.5 Å². The molecule has 0 aliphatic heterocycles. The van der Waals surface area contributed by atoms with Crippen LogP contribution in [-0.2, 0) is 9.53 Å². The van der Waals surface area contributed by atoms with Crippen molar-refractivity contribution >= 4 is 28.7 Å². The molecule has 2 aromatic heterocycles. The molecule has 0 bridgehead atoms. The molecule has 1 N–H and O–H groups in total. The summed E-state index contributed by atoms with van der Waals surface area (Å²) in [6.07, 6.45) is 0.877. The molecule has 0 saturated heterocycles. The van der Waals surface area contributed by atoms with Gasteiger partial charge in [0.2, 0.25) is 0 Å². The largest absolute Gasteiger partial charge is 0.497 e. The average molecular weight is 549 g/mol. The topological polar surface area (TPSA) is 113 Å². The van der Waals surface area contributed by atoms with Gasteiger partial charge in [0.25, 0.3) is 5.91 Å². The Morgan fingerprint density at radius 2 is 1.39 bits per heavy atom. The lowest BCUT2D eigenvalue weighted by Crippen LogP contribution is -2.32. The number of amides is 1. The molecule has 9 nitrogen and oxygen atoms in total. The minimum absolute atomic E-state index is 0.258. The first-order chi connectivity index (χ1) is 20.0. The maximum Gasteiger partial charge on any atom is 0.338 e. The molecule has 0 radical (unpaired) electrons. The van der Waals surface area contributed by atoms with Crippen molar-refractivity contribution in [2.45, 2.75) is 19.4 Å². The predicted molar refractivity (Wildman–Crippen MR) is 156 cm³/mol. The number of nitrogens with one attached hydrogen (secondary N) is 1. The first-order valence-corrected chi connectivity index (χ1v) is 13.0. The molecule has 0 saturated carbocycles. The Kier molecular flexibility index (Phi) is 8.15. The third-order valence-electron chi connectivity index (χ3n) is 6.46. The molecule has 3 aromatic carbocycles. The highest BCUT2D eigenvalue weighted by molar-refractivity contribution is 5.99. The van der Waals surface area contributed by atoms with Gasteiger partial charge in [-0.3, -0.25) is 4.79 Å². The van der Waals surface area contributed by atoms with Crippen LogP contribution >= 0.6 is 0 Å². The Hall–Kier alpha value is -5.31. The Balaban J connectivity index is 1.48. The normalized spacial score (nSPS) is 11.5. The van der Waals surface area contributed by atoms with Gasteiger partial charge in [-0.25, -0.2) is 19.7 Å². The van der Waals surface area contributed by atoms with Gasteiger partial charge in [0.05, 0.1) is 42.2 Å². The number of carbonyl (C=O) groups is 2. The van der Waals surface area contributed by atoms with Crippen LogP contribution in [-0.4, -0.2) is 47.2 Å². The van der Waals surface area contributed by atoms with Gasteiger partial charge in [-0.1, -0.05) is 13.0 Å². The van der Waals surface area contributed by atoms with Crippen LogP contribution < -0.4 is 14.8 Å². The Bertz CT molecular complexity index is 1670. The van der Waals surface area contributed by atoms with Crippen molar-refractivity contribution in [2.75, 3.05) is 19.5 Å². The predicted octanol–water partition coefficient (Wildman–Crippen LogP) is 5.95. The average Bonchev–Trinajstić information content (AvgIpc) is 3.03. The fraction of sp³-hybridized carbons (Fsp3) is 0.156. The molecule has 41 heavy (non-hydrogen) atoms. The number of fused-ring (bicyclic) bond motifs is 1. The molecular formula is C32H28N4O5. The van der Waals surface area contributed by atoms with Crippen LogP contribution in [0.3, 0.4) is 0 Å².